The Kier molecular flexibility index (Phi) is 4.56. The summed E-state index contributed by atoms with van der Waals surface area (Å²) in [5, 5.41) is 14.6. The fraction of sp³-hybridized carbons (Fsp3) is 0.500. The van der Waals surface area contributed by atoms with Crippen molar-refractivity contribution in [3.8, 4) is 0 Å². The number of benzene rings is 1. The van der Waals surface area contributed by atoms with Gasteiger partial charge in [0, 0.05) is 4.91 Å². The van der Waals surface area contributed by atoms with Crippen LogP contribution in [0, 0.1) is 0 Å². The van der Waals surface area contributed by atoms with Crippen LogP contribution in [0.5, 0.6) is 0 Å². The second-order valence-corrected chi connectivity index (χ2v) is 5.85. The van der Waals surface area contributed by atoms with Crippen LogP contribution in [-0.4, -0.2) is 34.2 Å². The first kappa shape index (κ1) is 16.1. The number of aliphatic hydroxyl groups is 1. The lowest BCUT2D eigenvalue weighted by atomic mass is 10.0. The van der Waals surface area contributed by atoms with E-state index in [1.54, 1.807) is 45.0 Å². The SMILES string of the molecule is CC(C)(C)OC(=O)N1O[C@@H](N=[N+]=[N-])[C@H](O)[C@H]1c1ccccc1. The molecule has 1 aromatic rings. The highest BCUT2D eigenvalue weighted by Gasteiger charge is 2.47. The van der Waals surface area contributed by atoms with Crippen molar-refractivity contribution in [1.29, 1.82) is 0 Å². The fourth-order valence-corrected chi connectivity index (χ4v) is 2.13. The summed E-state index contributed by atoms with van der Waals surface area (Å²) >= 11 is 0. The minimum absolute atomic E-state index is 0.650. The summed E-state index contributed by atoms with van der Waals surface area (Å²) in [6.45, 7) is 5.17. The molecule has 0 saturated carbocycles. The molecule has 0 bridgehead atoms. The number of carbonyl (C=O) groups is 1. The molecule has 8 nitrogen and oxygen atoms in total. The van der Waals surface area contributed by atoms with Gasteiger partial charge >= 0.3 is 6.09 Å². The summed E-state index contributed by atoms with van der Waals surface area (Å²) < 4.78 is 5.26. The zero-order valence-electron chi connectivity index (χ0n) is 12.6. The van der Waals surface area contributed by atoms with Gasteiger partial charge in [-0.25, -0.2) is 4.79 Å². The lowest BCUT2D eigenvalue weighted by Gasteiger charge is -2.27. The molecule has 1 aromatic carbocycles. The Morgan fingerprint density at radius 1 is 1.41 bits per heavy atom. The standard InChI is InChI=1S/C14H18N4O4/c1-14(2,3)21-13(20)18-10(9-7-5-4-6-8-9)11(19)12(22-18)16-17-15/h4-8,10-12,19H,1-3H3/t10-,11-,12-/m1/s1. The first-order chi connectivity index (χ1) is 10.3. The Hall–Kier alpha value is -2.28. The highest BCUT2D eigenvalue weighted by atomic mass is 16.8. The van der Waals surface area contributed by atoms with E-state index in [4.69, 9.17) is 15.1 Å². The molecule has 8 heteroatoms. The third-order valence-corrected chi connectivity index (χ3v) is 2.97. The first-order valence-electron chi connectivity index (χ1n) is 6.79. The van der Waals surface area contributed by atoms with Gasteiger partial charge in [-0.3, -0.25) is 4.84 Å². The predicted octanol–water partition coefficient (Wildman–Crippen LogP) is 2.91. The number of azide groups is 1. The lowest BCUT2D eigenvalue weighted by Crippen LogP contribution is -2.37. The monoisotopic (exact) mass is 306 g/mol. The summed E-state index contributed by atoms with van der Waals surface area (Å²) in [4.78, 5) is 20.2. The first-order valence-corrected chi connectivity index (χ1v) is 6.79. The van der Waals surface area contributed by atoms with Crippen LogP contribution in [0.15, 0.2) is 35.4 Å². The van der Waals surface area contributed by atoms with E-state index >= 15 is 0 Å². The van der Waals surface area contributed by atoms with Gasteiger partial charge in [0.15, 0.2) is 6.23 Å². The van der Waals surface area contributed by atoms with E-state index in [0.29, 0.717) is 5.56 Å². The van der Waals surface area contributed by atoms with E-state index in [-0.39, 0.29) is 0 Å². The highest BCUT2D eigenvalue weighted by Crippen LogP contribution is 2.36. The van der Waals surface area contributed by atoms with Crippen LogP contribution in [0.25, 0.3) is 10.4 Å². The molecular formula is C14H18N4O4. The molecule has 118 valence electrons. The summed E-state index contributed by atoms with van der Waals surface area (Å²) in [7, 11) is 0. The number of nitrogens with zero attached hydrogens (tertiary/aromatic N) is 4. The van der Waals surface area contributed by atoms with Gasteiger partial charge in [-0.05, 0) is 31.9 Å². The maximum absolute atomic E-state index is 12.3. The van der Waals surface area contributed by atoms with E-state index in [1.165, 1.54) is 0 Å². The van der Waals surface area contributed by atoms with Gasteiger partial charge in [0.25, 0.3) is 0 Å². The molecule has 3 atom stereocenters. The molecule has 0 unspecified atom stereocenters. The quantitative estimate of drug-likeness (QED) is 0.514. The molecule has 1 fully saturated rings. The Labute approximate surface area is 127 Å². The number of ether oxygens (including phenoxy) is 1. The van der Waals surface area contributed by atoms with Gasteiger partial charge < -0.3 is 9.84 Å². The second kappa shape index (κ2) is 6.23. The molecule has 1 amide bonds. The van der Waals surface area contributed by atoms with Crippen LogP contribution in [0.4, 0.5) is 4.79 Å². The van der Waals surface area contributed by atoms with Crippen molar-refractivity contribution in [1.82, 2.24) is 5.06 Å². The average Bonchev–Trinajstić information content (AvgIpc) is 2.76. The van der Waals surface area contributed by atoms with Crippen molar-refractivity contribution < 1.29 is 19.5 Å². The molecule has 1 heterocycles. The predicted molar refractivity (Wildman–Crippen MR) is 77.3 cm³/mol. The van der Waals surface area contributed by atoms with E-state index < -0.39 is 30.1 Å². The van der Waals surface area contributed by atoms with E-state index in [1.807, 2.05) is 6.07 Å². The number of carbonyl (C=O) groups excluding carboxylic acids is 1. The molecular weight excluding hydrogens is 288 g/mol. The van der Waals surface area contributed by atoms with Crippen LogP contribution >= 0.6 is 0 Å². The third-order valence-electron chi connectivity index (χ3n) is 2.97. The number of rotatable bonds is 2. The second-order valence-electron chi connectivity index (χ2n) is 5.85. The van der Waals surface area contributed by atoms with Gasteiger partial charge in [0.1, 0.15) is 17.7 Å². The topological polar surface area (TPSA) is 108 Å². The van der Waals surface area contributed by atoms with Crippen molar-refractivity contribution in [2.75, 3.05) is 0 Å². The molecule has 1 aliphatic rings. The zero-order chi connectivity index (χ0) is 16.3. The van der Waals surface area contributed by atoms with Gasteiger partial charge in [0.05, 0.1) is 0 Å². The van der Waals surface area contributed by atoms with Crippen molar-refractivity contribution >= 4 is 6.09 Å². The minimum atomic E-state index is -1.19. The molecule has 22 heavy (non-hydrogen) atoms. The van der Waals surface area contributed by atoms with E-state index in [2.05, 4.69) is 10.0 Å². The van der Waals surface area contributed by atoms with Crippen molar-refractivity contribution in [3.63, 3.8) is 0 Å². The Bertz CT molecular complexity index is 580. The summed E-state index contributed by atoms with van der Waals surface area (Å²) in [6.07, 6.45) is -3.13. The van der Waals surface area contributed by atoms with Crippen LogP contribution in [0.1, 0.15) is 32.4 Å². The van der Waals surface area contributed by atoms with Crippen molar-refractivity contribution in [3.05, 3.63) is 46.3 Å². The molecule has 0 spiro atoms. The Morgan fingerprint density at radius 2 is 2.05 bits per heavy atom. The molecule has 0 radical (unpaired) electrons. The number of hydrogen-bond donors (Lipinski definition) is 1. The van der Waals surface area contributed by atoms with Gasteiger partial charge in [0.2, 0.25) is 0 Å². The number of hydroxylamine groups is 2. The van der Waals surface area contributed by atoms with Crippen molar-refractivity contribution in [2.24, 2.45) is 5.11 Å². The van der Waals surface area contributed by atoms with Crippen molar-refractivity contribution in [2.45, 2.75) is 44.7 Å². The maximum Gasteiger partial charge on any atom is 0.435 e. The third kappa shape index (κ3) is 3.48. The fourth-order valence-electron chi connectivity index (χ4n) is 2.13. The van der Waals surface area contributed by atoms with Gasteiger partial charge in [-0.2, -0.15) is 5.06 Å². The van der Waals surface area contributed by atoms with E-state index in [9.17, 15) is 9.90 Å². The number of amides is 1. The maximum atomic E-state index is 12.3. The lowest BCUT2D eigenvalue weighted by molar-refractivity contribution is -0.150. The largest absolute Gasteiger partial charge is 0.442 e. The smallest absolute Gasteiger partial charge is 0.435 e. The molecule has 1 N–H and O–H groups in total. The minimum Gasteiger partial charge on any atom is -0.442 e. The van der Waals surface area contributed by atoms with E-state index in [0.717, 1.165) is 5.06 Å². The molecule has 1 aliphatic heterocycles. The Morgan fingerprint density at radius 3 is 2.59 bits per heavy atom. The Balaban J connectivity index is 2.32. The summed E-state index contributed by atoms with van der Waals surface area (Å²) in [6, 6.07) is 8.03. The molecule has 0 aliphatic carbocycles. The summed E-state index contributed by atoms with van der Waals surface area (Å²) in [5.41, 5.74) is 8.48. The van der Waals surface area contributed by atoms with Crippen LogP contribution in [0.2, 0.25) is 0 Å². The van der Waals surface area contributed by atoms with Gasteiger partial charge in [-0.1, -0.05) is 35.4 Å². The normalized spacial score (nSPS) is 24.7. The zero-order valence-corrected chi connectivity index (χ0v) is 12.6. The molecule has 0 aromatic heterocycles. The molecule has 1 saturated heterocycles. The van der Waals surface area contributed by atoms with Crippen LogP contribution < -0.4 is 0 Å². The highest BCUT2D eigenvalue weighted by molar-refractivity contribution is 5.68. The average molecular weight is 306 g/mol. The van der Waals surface area contributed by atoms with Gasteiger partial charge in [-0.15, -0.1) is 0 Å². The number of hydrogen-bond acceptors (Lipinski definition) is 5. The molecule has 2 rings (SSSR count). The van der Waals surface area contributed by atoms with Crippen LogP contribution in [-0.2, 0) is 9.57 Å². The summed E-state index contributed by atoms with van der Waals surface area (Å²) in [5.74, 6) is 0. The number of aliphatic hydroxyl groups excluding tert-OH is 1. The van der Waals surface area contributed by atoms with Crippen LogP contribution in [0.3, 0.4) is 0 Å².